The van der Waals surface area contributed by atoms with E-state index in [9.17, 15) is 14.4 Å². The second-order valence-electron chi connectivity index (χ2n) is 5.15. The fourth-order valence-electron chi connectivity index (χ4n) is 2.51. The molecule has 3 heterocycles. The van der Waals surface area contributed by atoms with Gasteiger partial charge in [0.15, 0.2) is 10.8 Å². The number of anilines is 1. The molecule has 2 aromatic heterocycles. The molecule has 0 saturated carbocycles. The van der Waals surface area contributed by atoms with Crippen LogP contribution < -0.4 is 16.1 Å². The molecule has 0 aromatic carbocycles. The van der Waals surface area contributed by atoms with Gasteiger partial charge in [-0.1, -0.05) is 11.3 Å². The van der Waals surface area contributed by atoms with E-state index in [1.165, 1.54) is 30.1 Å². The van der Waals surface area contributed by atoms with Crippen LogP contribution in [-0.2, 0) is 23.1 Å². The van der Waals surface area contributed by atoms with Gasteiger partial charge >= 0.3 is 11.7 Å². The molecule has 1 fully saturated rings. The Balaban J connectivity index is 2.21. The number of thiazole rings is 1. The van der Waals surface area contributed by atoms with Crippen LogP contribution >= 0.6 is 11.3 Å². The maximum Gasteiger partial charge on any atom is 0.332 e. The lowest BCUT2D eigenvalue weighted by Crippen LogP contribution is -2.39. The van der Waals surface area contributed by atoms with E-state index in [0.29, 0.717) is 9.83 Å². The number of ether oxygens (including phenoxy) is 1. The molecule has 0 bridgehead atoms. The summed E-state index contributed by atoms with van der Waals surface area (Å²) in [6.07, 6.45) is 2.17. The van der Waals surface area contributed by atoms with Crippen LogP contribution in [0.1, 0.15) is 12.8 Å². The molecule has 8 nitrogen and oxygen atoms in total. The van der Waals surface area contributed by atoms with Crippen molar-refractivity contribution in [2.75, 3.05) is 25.1 Å². The van der Waals surface area contributed by atoms with Gasteiger partial charge in [-0.3, -0.25) is 18.7 Å². The summed E-state index contributed by atoms with van der Waals surface area (Å²) in [5.74, 6) is -0.558. The van der Waals surface area contributed by atoms with Gasteiger partial charge in [-0.25, -0.2) is 9.78 Å². The van der Waals surface area contributed by atoms with Crippen molar-refractivity contribution in [1.29, 1.82) is 0 Å². The Labute approximate surface area is 129 Å². The van der Waals surface area contributed by atoms with E-state index in [-0.39, 0.29) is 17.8 Å². The monoisotopic (exact) mass is 324 g/mol. The molecule has 0 unspecified atom stereocenters. The fourth-order valence-corrected chi connectivity index (χ4v) is 3.61. The van der Waals surface area contributed by atoms with Crippen LogP contribution in [0.5, 0.6) is 0 Å². The molecule has 118 valence electrons. The molecule has 0 atom stereocenters. The quantitative estimate of drug-likeness (QED) is 0.735. The zero-order valence-corrected chi connectivity index (χ0v) is 13.2. The van der Waals surface area contributed by atoms with E-state index in [1.54, 1.807) is 0 Å². The van der Waals surface area contributed by atoms with Crippen molar-refractivity contribution in [3.63, 3.8) is 0 Å². The molecular formula is C13H16N4O4S. The Morgan fingerprint density at radius 2 is 2.00 bits per heavy atom. The molecule has 0 amide bonds. The van der Waals surface area contributed by atoms with Gasteiger partial charge in [0.2, 0.25) is 0 Å². The Bertz CT molecular complexity index is 844. The first-order valence-corrected chi connectivity index (χ1v) is 7.76. The number of esters is 1. The molecule has 1 aliphatic rings. The highest BCUT2D eigenvalue weighted by molar-refractivity contribution is 7.22. The summed E-state index contributed by atoms with van der Waals surface area (Å²) in [6.45, 7) is 1.52. The van der Waals surface area contributed by atoms with Crippen molar-refractivity contribution in [2.45, 2.75) is 19.4 Å². The predicted molar refractivity (Wildman–Crippen MR) is 82.6 cm³/mol. The van der Waals surface area contributed by atoms with Crippen LogP contribution in [-0.4, -0.2) is 40.3 Å². The van der Waals surface area contributed by atoms with Gasteiger partial charge in [-0.15, -0.1) is 0 Å². The van der Waals surface area contributed by atoms with E-state index < -0.39 is 11.7 Å². The summed E-state index contributed by atoms with van der Waals surface area (Å²) in [6, 6.07) is 0. The number of nitrogens with zero attached hydrogens (tertiary/aromatic N) is 4. The first-order chi connectivity index (χ1) is 10.5. The first kappa shape index (κ1) is 14.8. The van der Waals surface area contributed by atoms with E-state index in [0.717, 1.165) is 30.5 Å². The molecule has 1 saturated heterocycles. The Kier molecular flexibility index (Phi) is 3.73. The second kappa shape index (κ2) is 5.56. The van der Waals surface area contributed by atoms with Crippen LogP contribution in [0, 0.1) is 0 Å². The maximum absolute atomic E-state index is 12.3. The number of carbonyl (C=O) groups is 1. The van der Waals surface area contributed by atoms with Gasteiger partial charge in [0.25, 0.3) is 5.56 Å². The second-order valence-corrected chi connectivity index (χ2v) is 6.13. The molecule has 2 aromatic rings. The lowest BCUT2D eigenvalue weighted by molar-refractivity contribution is -0.141. The zero-order chi connectivity index (χ0) is 15.9. The predicted octanol–water partition coefficient (Wildman–Crippen LogP) is -0.0701. The van der Waals surface area contributed by atoms with Crippen LogP contribution in [0.2, 0.25) is 0 Å². The summed E-state index contributed by atoms with van der Waals surface area (Å²) in [4.78, 5) is 42.6. The Hall–Kier alpha value is -2.16. The highest BCUT2D eigenvalue weighted by Gasteiger charge is 2.22. The normalized spacial score (nSPS) is 14.7. The van der Waals surface area contributed by atoms with Crippen LogP contribution in [0.25, 0.3) is 10.3 Å². The summed E-state index contributed by atoms with van der Waals surface area (Å²) < 4.78 is 7.19. The van der Waals surface area contributed by atoms with Gasteiger partial charge in [0, 0.05) is 20.1 Å². The smallest absolute Gasteiger partial charge is 0.332 e. The molecule has 0 aliphatic carbocycles. The molecule has 1 aliphatic heterocycles. The number of fused-ring (bicyclic) bond motifs is 1. The molecule has 3 rings (SSSR count). The van der Waals surface area contributed by atoms with E-state index in [1.807, 2.05) is 0 Å². The van der Waals surface area contributed by atoms with E-state index in [4.69, 9.17) is 0 Å². The highest BCUT2D eigenvalue weighted by atomic mass is 32.1. The van der Waals surface area contributed by atoms with E-state index in [2.05, 4.69) is 14.6 Å². The lowest BCUT2D eigenvalue weighted by atomic mass is 10.4. The van der Waals surface area contributed by atoms with E-state index >= 15 is 0 Å². The number of hydrogen-bond acceptors (Lipinski definition) is 7. The van der Waals surface area contributed by atoms with Gasteiger partial charge in [0.05, 0.1) is 7.11 Å². The van der Waals surface area contributed by atoms with Crippen molar-refractivity contribution in [3.8, 4) is 0 Å². The van der Waals surface area contributed by atoms with Crippen molar-refractivity contribution < 1.29 is 9.53 Å². The van der Waals surface area contributed by atoms with Crippen molar-refractivity contribution in [3.05, 3.63) is 20.8 Å². The van der Waals surface area contributed by atoms with Crippen molar-refractivity contribution >= 4 is 32.8 Å². The van der Waals surface area contributed by atoms with Crippen LogP contribution in [0.3, 0.4) is 0 Å². The Morgan fingerprint density at radius 1 is 1.32 bits per heavy atom. The van der Waals surface area contributed by atoms with Crippen LogP contribution in [0.15, 0.2) is 9.59 Å². The summed E-state index contributed by atoms with van der Waals surface area (Å²) in [5, 5.41) is 0.716. The average molecular weight is 324 g/mol. The van der Waals surface area contributed by atoms with Gasteiger partial charge in [-0.2, -0.15) is 0 Å². The average Bonchev–Trinajstić information content (AvgIpc) is 3.17. The molecule has 0 spiro atoms. The topological polar surface area (TPSA) is 86.4 Å². The van der Waals surface area contributed by atoms with Crippen LogP contribution in [0.4, 0.5) is 5.13 Å². The SMILES string of the molecule is COC(=O)Cn1c(=O)n(C)c(=O)c2sc(N3CCCC3)nc21. The maximum atomic E-state index is 12.3. The van der Waals surface area contributed by atoms with Gasteiger partial charge in [-0.05, 0) is 12.8 Å². The molecule has 9 heteroatoms. The Morgan fingerprint density at radius 3 is 2.64 bits per heavy atom. The summed E-state index contributed by atoms with van der Waals surface area (Å²) >= 11 is 1.26. The lowest BCUT2D eigenvalue weighted by Gasteiger charge is -2.11. The largest absolute Gasteiger partial charge is 0.468 e. The number of aromatic nitrogens is 3. The third-order valence-corrected chi connectivity index (χ3v) is 4.86. The molecular weight excluding hydrogens is 308 g/mol. The zero-order valence-electron chi connectivity index (χ0n) is 12.4. The minimum absolute atomic E-state index is 0.255. The number of rotatable bonds is 3. The molecule has 0 radical (unpaired) electrons. The standard InChI is InChI=1S/C13H16N4O4S/c1-15-11(19)9-10(17(13(15)20)7-8(18)21-2)14-12(22-9)16-5-3-4-6-16/h3-7H2,1-2H3. The minimum atomic E-state index is -0.568. The number of methoxy groups -OCH3 is 1. The van der Waals surface area contributed by atoms with Gasteiger partial charge < -0.3 is 9.64 Å². The highest BCUT2D eigenvalue weighted by Crippen LogP contribution is 2.28. The minimum Gasteiger partial charge on any atom is -0.468 e. The fraction of sp³-hybridized carbons (Fsp3) is 0.538. The van der Waals surface area contributed by atoms with Gasteiger partial charge in [0.1, 0.15) is 11.2 Å². The number of carbonyl (C=O) groups excluding carboxylic acids is 1. The van der Waals surface area contributed by atoms with Crippen molar-refractivity contribution in [2.24, 2.45) is 7.05 Å². The third-order valence-electron chi connectivity index (χ3n) is 3.76. The van der Waals surface area contributed by atoms with Crippen molar-refractivity contribution in [1.82, 2.24) is 14.1 Å². The molecule has 0 N–H and O–H groups in total. The first-order valence-electron chi connectivity index (χ1n) is 6.95. The number of hydrogen-bond donors (Lipinski definition) is 0. The summed E-state index contributed by atoms with van der Waals surface area (Å²) in [7, 11) is 2.65. The molecule has 22 heavy (non-hydrogen) atoms. The summed E-state index contributed by atoms with van der Waals surface area (Å²) in [5.41, 5.74) is -0.698. The third kappa shape index (κ3) is 2.31.